The highest BCUT2D eigenvalue weighted by molar-refractivity contribution is 7.99. The minimum absolute atomic E-state index is 0.0291. The lowest BCUT2D eigenvalue weighted by Crippen LogP contribution is -2.30. The Hall–Kier alpha value is -1.68. The van der Waals surface area contributed by atoms with Gasteiger partial charge in [0.2, 0.25) is 5.91 Å². The van der Waals surface area contributed by atoms with Crippen LogP contribution in [0.15, 0.2) is 27.5 Å². The maximum Gasteiger partial charge on any atom is 0.263 e. The van der Waals surface area contributed by atoms with Crippen LogP contribution in [0.3, 0.4) is 0 Å². The standard InChI is InChI=1S/C22H25N3O3S3/c26-18(23-11-15-6-4-10-29-15)13-30-22-24-20-19(16-7-1-2-8-17(16)31-20)21(27)25(22)12-14-5-3-9-28-14/h4,6,10,14H,1-3,5,7-9,11-13H2,(H,23,26). The van der Waals surface area contributed by atoms with Gasteiger partial charge >= 0.3 is 0 Å². The average molecular weight is 476 g/mol. The SMILES string of the molecule is O=C(CSc1nc2sc3c(c2c(=O)n1CC1CCCO1)CCCC3)NCc1cccs1. The third-order valence-electron chi connectivity index (χ3n) is 5.82. The van der Waals surface area contributed by atoms with Crippen LogP contribution in [0.1, 0.15) is 41.0 Å². The number of hydrogen-bond acceptors (Lipinski definition) is 7. The van der Waals surface area contributed by atoms with Gasteiger partial charge in [0.1, 0.15) is 4.83 Å². The third-order valence-corrected chi connectivity index (χ3v) is 8.86. The fourth-order valence-corrected chi connectivity index (χ4v) is 7.05. The summed E-state index contributed by atoms with van der Waals surface area (Å²) in [5.74, 6) is 0.182. The quantitative estimate of drug-likeness (QED) is 0.413. The summed E-state index contributed by atoms with van der Waals surface area (Å²) in [4.78, 5) is 34.1. The summed E-state index contributed by atoms with van der Waals surface area (Å²) in [5, 5.41) is 6.37. The number of aromatic nitrogens is 2. The normalized spacial score (nSPS) is 18.4. The molecule has 0 saturated carbocycles. The Morgan fingerprint density at radius 1 is 1.32 bits per heavy atom. The van der Waals surface area contributed by atoms with Gasteiger partial charge in [-0.25, -0.2) is 4.98 Å². The van der Waals surface area contributed by atoms with E-state index in [-0.39, 0.29) is 23.3 Å². The van der Waals surface area contributed by atoms with Gasteiger partial charge in [-0.15, -0.1) is 22.7 Å². The Bertz CT molecular complexity index is 1130. The minimum Gasteiger partial charge on any atom is -0.376 e. The molecule has 0 aromatic carbocycles. The Morgan fingerprint density at radius 3 is 3.03 bits per heavy atom. The number of aryl methyl sites for hydroxylation is 2. The second kappa shape index (κ2) is 9.44. The summed E-state index contributed by atoms with van der Waals surface area (Å²) in [7, 11) is 0. The summed E-state index contributed by atoms with van der Waals surface area (Å²) >= 11 is 4.62. The van der Waals surface area contributed by atoms with Crippen molar-refractivity contribution in [3.05, 3.63) is 43.2 Å². The van der Waals surface area contributed by atoms with E-state index in [1.807, 2.05) is 17.5 Å². The van der Waals surface area contributed by atoms with E-state index in [1.54, 1.807) is 27.2 Å². The summed E-state index contributed by atoms with van der Waals surface area (Å²) in [5.41, 5.74) is 1.23. The number of carbonyl (C=O) groups excluding carboxylic acids is 1. The maximum atomic E-state index is 13.6. The first-order valence-corrected chi connectivity index (χ1v) is 13.5. The van der Waals surface area contributed by atoms with Crippen LogP contribution in [0.2, 0.25) is 0 Å². The number of hydrogen-bond donors (Lipinski definition) is 1. The lowest BCUT2D eigenvalue weighted by molar-refractivity contribution is -0.118. The van der Waals surface area contributed by atoms with Crippen molar-refractivity contribution >= 4 is 50.6 Å². The molecule has 9 heteroatoms. The maximum absolute atomic E-state index is 13.6. The highest BCUT2D eigenvalue weighted by atomic mass is 32.2. The summed E-state index contributed by atoms with van der Waals surface area (Å²) in [6.45, 7) is 1.78. The molecular weight excluding hydrogens is 450 g/mol. The number of fused-ring (bicyclic) bond motifs is 3. The zero-order chi connectivity index (χ0) is 21.2. The molecule has 0 radical (unpaired) electrons. The highest BCUT2D eigenvalue weighted by Crippen LogP contribution is 2.35. The van der Waals surface area contributed by atoms with Gasteiger partial charge in [0.05, 0.1) is 30.3 Å². The number of ether oxygens (including phenoxy) is 1. The highest BCUT2D eigenvalue weighted by Gasteiger charge is 2.25. The zero-order valence-electron chi connectivity index (χ0n) is 17.2. The van der Waals surface area contributed by atoms with Crippen molar-refractivity contribution in [3.63, 3.8) is 0 Å². The first-order valence-electron chi connectivity index (χ1n) is 10.8. The number of thiophene rings is 2. The molecular formula is C22H25N3O3S3. The molecule has 1 unspecified atom stereocenters. The summed E-state index contributed by atoms with van der Waals surface area (Å²) < 4.78 is 7.57. The van der Waals surface area contributed by atoms with Gasteiger partial charge in [-0.2, -0.15) is 0 Å². The fourth-order valence-electron chi connectivity index (χ4n) is 4.26. The van der Waals surface area contributed by atoms with E-state index < -0.39 is 0 Å². The lowest BCUT2D eigenvalue weighted by Gasteiger charge is -2.16. The van der Waals surface area contributed by atoms with Gasteiger partial charge in [-0.3, -0.25) is 14.2 Å². The number of thioether (sulfide) groups is 1. The largest absolute Gasteiger partial charge is 0.376 e. The molecule has 164 valence electrons. The molecule has 1 saturated heterocycles. The molecule has 1 amide bonds. The molecule has 3 aromatic rings. The van der Waals surface area contributed by atoms with Gasteiger partial charge < -0.3 is 10.1 Å². The number of carbonyl (C=O) groups is 1. The first kappa shape index (κ1) is 21.2. The molecule has 3 aromatic heterocycles. The first-order chi connectivity index (χ1) is 15.2. The number of rotatable bonds is 7. The Balaban J connectivity index is 1.41. The van der Waals surface area contributed by atoms with Gasteiger partial charge in [0, 0.05) is 16.4 Å². The van der Waals surface area contributed by atoms with Crippen molar-refractivity contribution < 1.29 is 9.53 Å². The molecule has 4 heterocycles. The van der Waals surface area contributed by atoms with Crippen LogP contribution in [0.25, 0.3) is 10.2 Å². The third kappa shape index (κ3) is 4.60. The smallest absolute Gasteiger partial charge is 0.263 e. The van der Waals surface area contributed by atoms with Crippen molar-refractivity contribution in [2.75, 3.05) is 12.4 Å². The summed E-state index contributed by atoms with van der Waals surface area (Å²) in [6, 6.07) is 3.98. The van der Waals surface area contributed by atoms with E-state index in [0.29, 0.717) is 18.2 Å². The van der Waals surface area contributed by atoms with E-state index in [2.05, 4.69) is 5.32 Å². The van der Waals surface area contributed by atoms with Gasteiger partial charge in [-0.05, 0) is 55.5 Å². The average Bonchev–Trinajstić information content (AvgIpc) is 3.53. The molecule has 0 bridgehead atoms. The number of nitrogens with one attached hydrogen (secondary N) is 1. The zero-order valence-corrected chi connectivity index (χ0v) is 19.7. The fraction of sp³-hybridized carbons (Fsp3) is 0.500. The van der Waals surface area contributed by atoms with E-state index in [4.69, 9.17) is 9.72 Å². The molecule has 0 spiro atoms. The van der Waals surface area contributed by atoms with Crippen molar-refractivity contribution in [1.29, 1.82) is 0 Å². The van der Waals surface area contributed by atoms with E-state index in [9.17, 15) is 9.59 Å². The van der Waals surface area contributed by atoms with Crippen molar-refractivity contribution in [3.8, 4) is 0 Å². The van der Waals surface area contributed by atoms with Crippen LogP contribution >= 0.6 is 34.4 Å². The minimum atomic E-state index is -0.0538. The Kier molecular flexibility index (Phi) is 6.45. The van der Waals surface area contributed by atoms with Crippen LogP contribution in [0.5, 0.6) is 0 Å². The van der Waals surface area contributed by atoms with Crippen LogP contribution in [0, 0.1) is 0 Å². The predicted octanol–water partition coefficient (Wildman–Crippen LogP) is 3.99. The molecule has 1 aliphatic carbocycles. The Morgan fingerprint density at radius 2 is 2.23 bits per heavy atom. The molecule has 31 heavy (non-hydrogen) atoms. The lowest BCUT2D eigenvalue weighted by atomic mass is 9.97. The van der Waals surface area contributed by atoms with E-state index in [0.717, 1.165) is 53.8 Å². The number of amides is 1. The van der Waals surface area contributed by atoms with Crippen LogP contribution in [-0.2, 0) is 35.5 Å². The second-order valence-electron chi connectivity index (χ2n) is 7.98. The van der Waals surface area contributed by atoms with Crippen LogP contribution < -0.4 is 10.9 Å². The molecule has 1 N–H and O–H groups in total. The molecule has 6 nitrogen and oxygen atoms in total. The van der Waals surface area contributed by atoms with Gasteiger partial charge in [0.25, 0.3) is 5.56 Å². The molecule has 1 aliphatic heterocycles. The monoisotopic (exact) mass is 475 g/mol. The van der Waals surface area contributed by atoms with Gasteiger partial charge in [-0.1, -0.05) is 17.8 Å². The van der Waals surface area contributed by atoms with Crippen LogP contribution in [0.4, 0.5) is 0 Å². The topological polar surface area (TPSA) is 73.2 Å². The predicted molar refractivity (Wildman–Crippen MR) is 126 cm³/mol. The molecule has 5 rings (SSSR count). The van der Waals surface area contributed by atoms with Crippen molar-refractivity contribution in [2.24, 2.45) is 0 Å². The van der Waals surface area contributed by atoms with Crippen molar-refractivity contribution in [1.82, 2.24) is 14.9 Å². The van der Waals surface area contributed by atoms with E-state index in [1.165, 1.54) is 28.6 Å². The van der Waals surface area contributed by atoms with Gasteiger partial charge in [0.15, 0.2) is 5.16 Å². The van der Waals surface area contributed by atoms with Crippen molar-refractivity contribution in [2.45, 2.75) is 62.9 Å². The summed E-state index contributed by atoms with van der Waals surface area (Å²) in [6.07, 6.45) is 6.33. The molecule has 1 fully saturated rings. The number of nitrogens with zero attached hydrogens (tertiary/aromatic N) is 2. The van der Waals surface area contributed by atoms with Crippen LogP contribution in [-0.4, -0.2) is 33.9 Å². The molecule has 1 atom stereocenters. The van der Waals surface area contributed by atoms with E-state index >= 15 is 0 Å². The molecule has 2 aliphatic rings. The Labute approximate surface area is 193 Å². The second-order valence-corrected chi connectivity index (χ2v) is 11.0.